The lowest BCUT2D eigenvalue weighted by atomic mass is 9.92. The number of nitrogens with zero attached hydrogens (tertiary/aromatic N) is 1. The minimum absolute atomic E-state index is 0.0171. The van der Waals surface area contributed by atoms with Crippen LogP contribution in [0.4, 0.5) is 5.69 Å². The standard InChI is InChI=1S/C17H13IN2O3/c18-12-5-1-4-11(7-12)16-15(19)9-14(17(16)21)10-3-2-6-13(8-10)20(22)23/h1-8,14H,9,19H2. The van der Waals surface area contributed by atoms with Crippen LogP contribution in [0.1, 0.15) is 23.5 Å². The van der Waals surface area contributed by atoms with Gasteiger partial charge >= 0.3 is 0 Å². The number of non-ortho nitro benzene ring substituents is 1. The molecule has 0 aromatic heterocycles. The summed E-state index contributed by atoms with van der Waals surface area (Å²) >= 11 is 2.18. The van der Waals surface area contributed by atoms with E-state index in [0.29, 0.717) is 23.3 Å². The third-order valence-electron chi connectivity index (χ3n) is 3.90. The Morgan fingerprint density at radius 2 is 1.91 bits per heavy atom. The number of Topliss-reactive ketones (excluding diaryl/α,β-unsaturated/α-hetero) is 1. The second kappa shape index (κ2) is 6.11. The van der Waals surface area contributed by atoms with E-state index in [1.54, 1.807) is 12.1 Å². The third-order valence-corrected chi connectivity index (χ3v) is 4.58. The SMILES string of the molecule is NC1=C(c2cccc(I)c2)C(=O)C(c2cccc([N+](=O)[O-])c2)C1. The molecule has 0 saturated heterocycles. The molecule has 1 unspecified atom stereocenters. The molecule has 116 valence electrons. The van der Waals surface area contributed by atoms with Gasteiger partial charge in [0.05, 0.1) is 10.8 Å². The molecule has 1 atom stereocenters. The first-order chi connectivity index (χ1) is 11.0. The van der Waals surface area contributed by atoms with Crippen LogP contribution in [0.25, 0.3) is 5.57 Å². The van der Waals surface area contributed by atoms with E-state index < -0.39 is 10.8 Å². The van der Waals surface area contributed by atoms with E-state index in [-0.39, 0.29) is 11.5 Å². The number of carbonyl (C=O) groups excluding carboxylic acids is 1. The molecular formula is C17H13IN2O3. The fourth-order valence-electron chi connectivity index (χ4n) is 2.84. The highest BCUT2D eigenvalue weighted by atomic mass is 127. The van der Waals surface area contributed by atoms with Gasteiger partial charge in [0.15, 0.2) is 5.78 Å². The van der Waals surface area contributed by atoms with E-state index in [9.17, 15) is 14.9 Å². The van der Waals surface area contributed by atoms with Crippen molar-refractivity contribution in [1.29, 1.82) is 0 Å². The summed E-state index contributed by atoms with van der Waals surface area (Å²) in [4.78, 5) is 23.3. The van der Waals surface area contributed by atoms with Crippen LogP contribution in [0.5, 0.6) is 0 Å². The van der Waals surface area contributed by atoms with Gasteiger partial charge in [-0.05, 0) is 45.9 Å². The molecule has 5 nitrogen and oxygen atoms in total. The molecule has 1 aliphatic carbocycles. The lowest BCUT2D eigenvalue weighted by Gasteiger charge is -2.09. The zero-order valence-electron chi connectivity index (χ0n) is 12.0. The summed E-state index contributed by atoms with van der Waals surface area (Å²) in [5, 5.41) is 10.9. The van der Waals surface area contributed by atoms with Crippen molar-refractivity contribution in [3.05, 3.63) is 79.0 Å². The molecule has 0 heterocycles. The van der Waals surface area contributed by atoms with Crippen molar-refractivity contribution in [1.82, 2.24) is 0 Å². The molecular weight excluding hydrogens is 407 g/mol. The van der Waals surface area contributed by atoms with E-state index >= 15 is 0 Å². The Balaban J connectivity index is 1.97. The van der Waals surface area contributed by atoms with Gasteiger partial charge in [-0.15, -0.1) is 0 Å². The van der Waals surface area contributed by atoms with Crippen LogP contribution in [-0.4, -0.2) is 10.7 Å². The predicted octanol–water partition coefficient (Wildman–Crippen LogP) is 3.63. The van der Waals surface area contributed by atoms with E-state index in [0.717, 1.165) is 9.13 Å². The monoisotopic (exact) mass is 420 g/mol. The maximum Gasteiger partial charge on any atom is 0.269 e. The van der Waals surface area contributed by atoms with Crippen LogP contribution < -0.4 is 5.73 Å². The molecule has 0 amide bonds. The summed E-state index contributed by atoms with van der Waals surface area (Å²) in [6.45, 7) is 0. The van der Waals surface area contributed by atoms with Crippen LogP contribution in [-0.2, 0) is 4.79 Å². The van der Waals surface area contributed by atoms with E-state index in [1.807, 2.05) is 24.3 Å². The quantitative estimate of drug-likeness (QED) is 0.467. The summed E-state index contributed by atoms with van der Waals surface area (Å²) in [5.41, 5.74) is 8.58. The maximum atomic E-state index is 12.8. The largest absolute Gasteiger partial charge is 0.401 e. The van der Waals surface area contributed by atoms with Crippen molar-refractivity contribution < 1.29 is 9.72 Å². The number of halogens is 1. The van der Waals surface area contributed by atoms with Crippen LogP contribution in [0.15, 0.2) is 54.2 Å². The minimum Gasteiger partial charge on any atom is -0.401 e. The zero-order chi connectivity index (χ0) is 16.6. The average Bonchev–Trinajstić information content (AvgIpc) is 2.82. The summed E-state index contributed by atoms with van der Waals surface area (Å²) in [6, 6.07) is 13.8. The Morgan fingerprint density at radius 3 is 2.61 bits per heavy atom. The van der Waals surface area contributed by atoms with Gasteiger partial charge in [0.2, 0.25) is 0 Å². The van der Waals surface area contributed by atoms with Crippen LogP contribution in [0.2, 0.25) is 0 Å². The number of allylic oxidation sites excluding steroid dienone is 2. The molecule has 23 heavy (non-hydrogen) atoms. The van der Waals surface area contributed by atoms with Crippen molar-refractivity contribution in [3.63, 3.8) is 0 Å². The Bertz CT molecular complexity index is 845. The third kappa shape index (κ3) is 2.98. The Hall–Kier alpha value is -2.22. The summed E-state index contributed by atoms with van der Waals surface area (Å²) in [6.07, 6.45) is 0.390. The van der Waals surface area contributed by atoms with Crippen LogP contribution in [0.3, 0.4) is 0 Å². The molecule has 0 spiro atoms. The van der Waals surface area contributed by atoms with Gasteiger partial charge < -0.3 is 5.73 Å². The molecule has 0 saturated carbocycles. The molecule has 1 aliphatic rings. The van der Waals surface area contributed by atoms with Gasteiger partial charge in [0.25, 0.3) is 5.69 Å². The number of nitrogens with two attached hydrogens (primary N) is 1. The number of nitro groups is 1. The molecule has 0 aliphatic heterocycles. The second-order valence-corrected chi connectivity index (χ2v) is 6.63. The van der Waals surface area contributed by atoms with Gasteiger partial charge in [0.1, 0.15) is 0 Å². The number of carbonyl (C=O) groups is 1. The molecule has 0 fully saturated rings. The first kappa shape index (κ1) is 15.7. The van der Waals surface area contributed by atoms with Crippen LogP contribution >= 0.6 is 22.6 Å². The molecule has 2 aromatic rings. The normalized spacial score (nSPS) is 17.6. The van der Waals surface area contributed by atoms with E-state index in [2.05, 4.69) is 22.6 Å². The number of rotatable bonds is 3. The molecule has 2 aromatic carbocycles. The van der Waals surface area contributed by atoms with E-state index in [1.165, 1.54) is 12.1 Å². The minimum atomic E-state index is -0.458. The lowest BCUT2D eigenvalue weighted by molar-refractivity contribution is -0.384. The van der Waals surface area contributed by atoms with Gasteiger partial charge in [-0.2, -0.15) is 0 Å². The fourth-order valence-corrected chi connectivity index (χ4v) is 3.39. The van der Waals surface area contributed by atoms with E-state index in [4.69, 9.17) is 5.73 Å². The maximum absolute atomic E-state index is 12.8. The number of hydrogen-bond acceptors (Lipinski definition) is 4. The Morgan fingerprint density at radius 1 is 1.17 bits per heavy atom. The highest BCUT2D eigenvalue weighted by Gasteiger charge is 2.34. The van der Waals surface area contributed by atoms with Crippen molar-refractivity contribution in [2.45, 2.75) is 12.3 Å². The average molecular weight is 420 g/mol. The first-order valence-corrected chi connectivity index (χ1v) is 8.08. The smallest absolute Gasteiger partial charge is 0.269 e. The topological polar surface area (TPSA) is 86.2 Å². The predicted molar refractivity (Wildman–Crippen MR) is 95.7 cm³/mol. The molecule has 3 rings (SSSR count). The number of hydrogen-bond donors (Lipinski definition) is 1. The fraction of sp³-hybridized carbons (Fsp3) is 0.118. The lowest BCUT2D eigenvalue weighted by Crippen LogP contribution is -2.08. The van der Waals surface area contributed by atoms with Crippen molar-refractivity contribution in [3.8, 4) is 0 Å². The molecule has 0 bridgehead atoms. The van der Waals surface area contributed by atoms with Gasteiger partial charge in [0, 0.05) is 33.4 Å². The highest BCUT2D eigenvalue weighted by molar-refractivity contribution is 14.1. The summed E-state index contributed by atoms with van der Waals surface area (Å²) in [5.74, 6) is -0.534. The van der Waals surface area contributed by atoms with Crippen molar-refractivity contribution in [2.24, 2.45) is 5.73 Å². The molecule has 0 radical (unpaired) electrons. The molecule has 6 heteroatoms. The Kier molecular flexibility index (Phi) is 4.16. The zero-order valence-corrected chi connectivity index (χ0v) is 14.2. The van der Waals surface area contributed by atoms with Crippen LogP contribution in [0, 0.1) is 13.7 Å². The van der Waals surface area contributed by atoms with Gasteiger partial charge in [-0.3, -0.25) is 14.9 Å². The van der Waals surface area contributed by atoms with Crippen molar-refractivity contribution >= 4 is 39.6 Å². The van der Waals surface area contributed by atoms with Gasteiger partial charge in [-0.25, -0.2) is 0 Å². The number of benzene rings is 2. The summed E-state index contributed by atoms with van der Waals surface area (Å²) < 4.78 is 1.02. The number of nitro benzene ring substituents is 1. The second-order valence-electron chi connectivity index (χ2n) is 5.38. The van der Waals surface area contributed by atoms with Crippen molar-refractivity contribution in [2.75, 3.05) is 0 Å². The molecule has 2 N–H and O–H groups in total. The first-order valence-electron chi connectivity index (χ1n) is 7.00. The highest BCUT2D eigenvalue weighted by Crippen LogP contribution is 2.39. The Labute approximate surface area is 146 Å². The summed E-state index contributed by atoms with van der Waals surface area (Å²) in [7, 11) is 0. The number of ketones is 1. The van der Waals surface area contributed by atoms with Gasteiger partial charge in [-0.1, -0.05) is 24.3 Å².